The molecule has 0 saturated carbocycles. The number of aliphatic hydroxyl groups is 1. The van der Waals surface area contributed by atoms with Crippen molar-refractivity contribution in [2.45, 2.75) is 44.9 Å². The van der Waals surface area contributed by atoms with Gasteiger partial charge < -0.3 is 15.3 Å². The molecule has 10 heteroatoms. The van der Waals surface area contributed by atoms with Gasteiger partial charge >= 0.3 is 0 Å². The Hall–Kier alpha value is -4.08. The van der Waals surface area contributed by atoms with E-state index in [1.807, 2.05) is 36.1 Å². The van der Waals surface area contributed by atoms with Crippen molar-refractivity contribution in [3.05, 3.63) is 95.3 Å². The molecule has 6 rings (SSSR count). The van der Waals surface area contributed by atoms with Gasteiger partial charge in [-0.2, -0.15) is 0 Å². The fraction of sp³-hybridized carbons (Fsp3) is 0.290. The molecule has 2 aliphatic heterocycles. The van der Waals surface area contributed by atoms with Gasteiger partial charge in [0.25, 0.3) is 0 Å². The molecule has 4 heterocycles. The summed E-state index contributed by atoms with van der Waals surface area (Å²) in [5.74, 6) is -0.535. The summed E-state index contributed by atoms with van der Waals surface area (Å²) in [7, 11) is 0. The number of hydrogen-bond acceptors (Lipinski definition) is 6. The number of nitrogens with one attached hydrogen (secondary N) is 1. The van der Waals surface area contributed by atoms with Gasteiger partial charge in [-0.05, 0) is 78.9 Å². The van der Waals surface area contributed by atoms with Gasteiger partial charge in [0.2, 0.25) is 5.91 Å². The molecule has 2 aromatic heterocycles. The van der Waals surface area contributed by atoms with Crippen LogP contribution in [0.3, 0.4) is 0 Å². The van der Waals surface area contributed by atoms with Gasteiger partial charge in [-0.15, -0.1) is 5.10 Å². The van der Waals surface area contributed by atoms with E-state index in [1.165, 1.54) is 12.1 Å². The largest absolute Gasteiger partial charge is 0.374 e. The van der Waals surface area contributed by atoms with Crippen LogP contribution in [-0.4, -0.2) is 48.7 Å². The lowest BCUT2D eigenvalue weighted by Gasteiger charge is -2.35. The number of aromatic nitrogens is 4. The molecule has 3 atom stereocenters. The van der Waals surface area contributed by atoms with Crippen LogP contribution >= 0.6 is 11.6 Å². The summed E-state index contributed by atoms with van der Waals surface area (Å²) < 4.78 is 16.0. The maximum Gasteiger partial charge on any atom is 0.247 e. The zero-order chi connectivity index (χ0) is 28.5. The molecule has 2 N–H and O–H groups in total. The molecule has 210 valence electrons. The van der Waals surface area contributed by atoms with Crippen molar-refractivity contribution < 1.29 is 14.3 Å². The first-order valence-electron chi connectivity index (χ1n) is 13.8. The van der Waals surface area contributed by atoms with Crippen molar-refractivity contribution in [1.82, 2.24) is 24.9 Å². The van der Waals surface area contributed by atoms with Crippen LogP contribution in [-0.2, 0) is 4.79 Å². The molecule has 1 amide bonds. The Bertz CT molecular complexity index is 1610. The van der Waals surface area contributed by atoms with Crippen LogP contribution in [0.15, 0.2) is 73.2 Å². The van der Waals surface area contributed by atoms with E-state index in [2.05, 4.69) is 20.6 Å². The Morgan fingerprint density at radius 1 is 1.07 bits per heavy atom. The highest BCUT2D eigenvalue weighted by Gasteiger charge is 2.30. The highest BCUT2D eigenvalue weighted by molar-refractivity contribution is 6.30. The van der Waals surface area contributed by atoms with Gasteiger partial charge in [0, 0.05) is 46.6 Å². The third kappa shape index (κ3) is 5.60. The van der Waals surface area contributed by atoms with Gasteiger partial charge in [-0.25, -0.2) is 9.07 Å². The number of fused-ring (bicyclic) bond motifs is 4. The van der Waals surface area contributed by atoms with E-state index in [9.17, 15) is 14.3 Å². The maximum absolute atomic E-state index is 14.3. The number of pyridine rings is 1. The second-order valence-electron chi connectivity index (χ2n) is 10.6. The lowest BCUT2D eigenvalue weighted by Crippen LogP contribution is -2.38. The van der Waals surface area contributed by atoms with Crippen LogP contribution in [0.2, 0.25) is 5.02 Å². The summed E-state index contributed by atoms with van der Waals surface area (Å²) in [5.41, 5.74) is 5.30. The van der Waals surface area contributed by atoms with Gasteiger partial charge in [-0.1, -0.05) is 30.2 Å². The molecule has 2 aliphatic rings. The van der Waals surface area contributed by atoms with Gasteiger partial charge in [0.05, 0.1) is 29.8 Å². The molecule has 2 aromatic carbocycles. The number of rotatable bonds is 3. The molecule has 0 fully saturated rings. The highest BCUT2D eigenvalue weighted by atomic mass is 35.5. The number of amides is 1. The van der Waals surface area contributed by atoms with Crippen LogP contribution in [0.4, 0.5) is 10.1 Å². The predicted octanol–water partition coefficient (Wildman–Crippen LogP) is 6.03. The first-order valence-corrected chi connectivity index (χ1v) is 14.1. The summed E-state index contributed by atoms with van der Waals surface area (Å²) in [4.78, 5) is 20.3. The summed E-state index contributed by atoms with van der Waals surface area (Å²) in [6.07, 6.45) is 8.78. The number of hydrogen-bond donors (Lipinski definition) is 2. The van der Waals surface area contributed by atoms with E-state index in [4.69, 9.17) is 11.6 Å². The van der Waals surface area contributed by atoms with Crippen molar-refractivity contribution in [3.63, 3.8) is 0 Å². The number of carbonyl (C=O) groups excluding carboxylic acids is 1. The molecule has 0 radical (unpaired) electrons. The normalized spacial score (nSPS) is 21.3. The van der Waals surface area contributed by atoms with Gasteiger partial charge in [-0.3, -0.25) is 9.78 Å². The lowest BCUT2D eigenvalue weighted by molar-refractivity contribution is -0.129. The fourth-order valence-electron chi connectivity index (χ4n) is 5.71. The summed E-state index contributed by atoms with van der Waals surface area (Å²) >= 11 is 6.36. The number of halogens is 2. The van der Waals surface area contributed by atoms with Gasteiger partial charge in [0.15, 0.2) is 0 Å². The van der Waals surface area contributed by atoms with E-state index in [1.54, 1.807) is 41.5 Å². The molecule has 0 aliphatic carbocycles. The summed E-state index contributed by atoms with van der Waals surface area (Å²) in [6.45, 7) is 2.48. The predicted molar refractivity (Wildman–Crippen MR) is 156 cm³/mol. The zero-order valence-corrected chi connectivity index (χ0v) is 23.3. The first kappa shape index (κ1) is 27.1. The Labute approximate surface area is 242 Å². The van der Waals surface area contributed by atoms with E-state index < -0.39 is 6.23 Å². The smallest absolute Gasteiger partial charge is 0.247 e. The first-order chi connectivity index (χ1) is 19.9. The molecular weight excluding hydrogens is 543 g/mol. The van der Waals surface area contributed by atoms with Crippen LogP contribution in [0, 0.1) is 11.7 Å². The standard InChI is InChI=1S/C31H30ClFN6O2/c1-19-3-2-4-29(27-15-20(9-11-34-27)24-18-23(33)6-7-26(24)36-31(19)41)38-13-10-21(16-30(38)40)25-17-22(32)5-8-28(25)39-14-12-35-37-39/h5-9,11-12,14-19,29,31,36,41H,2-4,10,13H2,1H3. The molecule has 2 bridgehead atoms. The Kier molecular flexibility index (Phi) is 7.55. The van der Waals surface area contributed by atoms with Crippen molar-refractivity contribution >= 4 is 28.8 Å². The number of nitrogens with zero attached hydrogens (tertiary/aromatic N) is 5. The molecule has 41 heavy (non-hydrogen) atoms. The van der Waals surface area contributed by atoms with Gasteiger partial charge in [0.1, 0.15) is 12.0 Å². The SMILES string of the molecule is CC1CCCC(N2CCC(c3cc(Cl)ccc3-n3ccnn3)=CC2=O)c2cc(ccn2)-c2cc(F)ccc2NC1O. The van der Waals surface area contributed by atoms with Crippen molar-refractivity contribution in [2.24, 2.45) is 5.92 Å². The Balaban J connectivity index is 1.37. The molecule has 4 aromatic rings. The Morgan fingerprint density at radius 2 is 1.95 bits per heavy atom. The second-order valence-corrected chi connectivity index (χ2v) is 11.1. The van der Waals surface area contributed by atoms with Crippen LogP contribution in [0.25, 0.3) is 22.4 Å². The van der Waals surface area contributed by atoms with Crippen molar-refractivity contribution in [3.8, 4) is 16.8 Å². The van der Waals surface area contributed by atoms with Crippen LogP contribution in [0.1, 0.15) is 49.9 Å². The van der Waals surface area contributed by atoms with Crippen LogP contribution in [0.5, 0.6) is 0 Å². The number of anilines is 1. The average molecular weight is 573 g/mol. The minimum Gasteiger partial charge on any atom is -0.374 e. The Morgan fingerprint density at radius 3 is 2.76 bits per heavy atom. The number of carbonyl (C=O) groups is 1. The topological polar surface area (TPSA) is 96.2 Å². The molecular formula is C31H30ClFN6O2. The summed E-state index contributed by atoms with van der Waals surface area (Å²) in [5, 5.41) is 22.6. The zero-order valence-electron chi connectivity index (χ0n) is 22.5. The second kappa shape index (κ2) is 11.4. The number of aliphatic hydroxyl groups excluding tert-OH is 1. The van der Waals surface area contributed by atoms with E-state index in [0.29, 0.717) is 35.7 Å². The van der Waals surface area contributed by atoms with Crippen molar-refractivity contribution in [2.75, 3.05) is 11.9 Å². The minimum atomic E-state index is -0.794. The monoisotopic (exact) mass is 572 g/mol. The summed E-state index contributed by atoms with van der Waals surface area (Å²) in [6, 6.07) is 13.5. The third-order valence-corrected chi connectivity index (χ3v) is 8.18. The van der Waals surface area contributed by atoms with E-state index in [0.717, 1.165) is 40.9 Å². The third-order valence-electron chi connectivity index (χ3n) is 7.95. The van der Waals surface area contributed by atoms with Crippen LogP contribution < -0.4 is 5.32 Å². The highest BCUT2D eigenvalue weighted by Crippen LogP contribution is 2.37. The van der Waals surface area contributed by atoms with E-state index in [-0.39, 0.29) is 23.7 Å². The minimum absolute atomic E-state index is 0.0547. The molecule has 0 saturated heterocycles. The number of benzene rings is 2. The molecule has 0 spiro atoms. The fourth-order valence-corrected chi connectivity index (χ4v) is 5.89. The van der Waals surface area contributed by atoms with Crippen molar-refractivity contribution in [1.29, 1.82) is 0 Å². The molecule has 3 unspecified atom stereocenters. The van der Waals surface area contributed by atoms with E-state index >= 15 is 0 Å². The molecule has 8 nitrogen and oxygen atoms in total. The average Bonchev–Trinajstić information content (AvgIpc) is 3.51. The lowest BCUT2D eigenvalue weighted by atomic mass is 9.92. The maximum atomic E-state index is 14.3. The quantitative estimate of drug-likeness (QED) is 0.311.